The van der Waals surface area contributed by atoms with E-state index in [9.17, 15) is 4.79 Å². The molecule has 20 heavy (non-hydrogen) atoms. The summed E-state index contributed by atoms with van der Waals surface area (Å²) in [7, 11) is 0. The predicted octanol–water partition coefficient (Wildman–Crippen LogP) is 2.93. The molecule has 2 aromatic rings. The highest BCUT2D eigenvalue weighted by atomic mass is 32.1. The number of fused-ring (bicyclic) bond motifs is 1. The van der Waals surface area contributed by atoms with E-state index in [1.165, 1.54) is 16.9 Å². The number of anilines is 1. The van der Waals surface area contributed by atoms with Crippen molar-refractivity contribution in [3.05, 3.63) is 23.8 Å². The normalized spacial score (nSPS) is 22.9. The van der Waals surface area contributed by atoms with E-state index < -0.39 is 0 Å². The zero-order valence-electron chi connectivity index (χ0n) is 11.8. The predicted molar refractivity (Wildman–Crippen MR) is 83.2 cm³/mol. The summed E-state index contributed by atoms with van der Waals surface area (Å²) >= 11 is 1.54. The Morgan fingerprint density at radius 2 is 2.35 bits per heavy atom. The summed E-state index contributed by atoms with van der Waals surface area (Å²) in [4.78, 5) is 16.9. The molecule has 1 atom stereocenters. The topological polar surface area (TPSA) is 54.0 Å². The van der Waals surface area contributed by atoms with Gasteiger partial charge in [0.25, 0.3) is 0 Å². The molecule has 4 nitrogen and oxygen atoms in total. The second-order valence-corrected chi connectivity index (χ2v) is 6.82. The Bertz CT molecular complexity index is 644. The van der Waals surface area contributed by atoms with Gasteiger partial charge in [-0.15, -0.1) is 0 Å². The Hall–Kier alpha value is -1.46. The van der Waals surface area contributed by atoms with Crippen LogP contribution in [0.25, 0.3) is 10.2 Å². The van der Waals surface area contributed by atoms with Gasteiger partial charge in [-0.2, -0.15) is 0 Å². The minimum Gasteiger partial charge on any atom is -0.316 e. The van der Waals surface area contributed by atoms with Crippen molar-refractivity contribution >= 4 is 32.6 Å². The second-order valence-electron chi connectivity index (χ2n) is 5.79. The van der Waals surface area contributed by atoms with Crippen LogP contribution in [0.1, 0.15) is 25.3 Å². The van der Waals surface area contributed by atoms with Crippen LogP contribution in [-0.2, 0) is 4.79 Å². The summed E-state index contributed by atoms with van der Waals surface area (Å²) < 4.78 is 1.12. The Morgan fingerprint density at radius 1 is 1.50 bits per heavy atom. The van der Waals surface area contributed by atoms with Crippen molar-refractivity contribution in [1.29, 1.82) is 0 Å². The molecule has 0 saturated carbocycles. The molecule has 2 heterocycles. The number of nitrogens with zero attached hydrogens (tertiary/aromatic N) is 1. The van der Waals surface area contributed by atoms with Crippen LogP contribution in [0.3, 0.4) is 0 Å². The number of amides is 1. The molecule has 1 saturated heterocycles. The summed E-state index contributed by atoms with van der Waals surface area (Å²) in [5.41, 5.74) is 1.83. The third-order valence-electron chi connectivity index (χ3n) is 3.91. The van der Waals surface area contributed by atoms with Gasteiger partial charge in [0.1, 0.15) is 0 Å². The first kappa shape index (κ1) is 13.5. The number of carbonyl (C=O) groups excluding carboxylic acids is 1. The van der Waals surface area contributed by atoms with Crippen LogP contribution in [0.5, 0.6) is 0 Å². The molecule has 2 N–H and O–H groups in total. The van der Waals surface area contributed by atoms with E-state index in [-0.39, 0.29) is 11.3 Å². The van der Waals surface area contributed by atoms with Crippen LogP contribution >= 0.6 is 11.3 Å². The van der Waals surface area contributed by atoms with E-state index in [0.29, 0.717) is 5.13 Å². The number of piperidine rings is 1. The molecule has 1 fully saturated rings. The monoisotopic (exact) mass is 289 g/mol. The average Bonchev–Trinajstić information content (AvgIpc) is 2.81. The van der Waals surface area contributed by atoms with E-state index in [0.717, 1.165) is 36.1 Å². The molecule has 1 aliphatic rings. The largest absolute Gasteiger partial charge is 0.316 e. The molecule has 0 aliphatic carbocycles. The van der Waals surface area contributed by atoms with Crippen molar-refractivity contribution < 1.29 is 4.79 Å². The first-order valence-corrected chi connectivity index (χ1v) is 7.78. The van der Waals surface area contributed by atoms with Gasteiger partial charge in [0.15, 0.2) is 5.13 Å². The second kappa shape index (κ2) is 5.14. The van der Waals surface area contributed by atoms with Crippen LogP contribution < -0.4 is 10.6 Å². The fourth-order valence-electron chi connectivity index (χ4n) is 2.58. The van der Waals surface area contributed by atoms with Crippen molar-refractivity contribution in [2.45, 2.75) is 26.7 Å². The molecule has 3 rings (SSSR count). The number of nitrogens with one attached hydrogen (secondary N) is 2. The fraction of sp³-hybridized carbons (Fsp3) is 0.467. The van der Waals surface area contributed by atoms with E-state index >= 15 is 0 Å². The van der Waals surface area contributed by atoms with Crippen molar-refractivity contribution in [1.82, 2.24) is 10.3 Å². The van der Waals surface area contributed by atoms with Crippen LogP contribution in [0.15, 0.2) is 18.2 Å². The molecule has 1 amide bonds. The fourth-order valence-corrected chi connectivity index (χ4v) is 3.54. The molecular formula is C15H19N3OS. The molecule has 0 spiro atoms. The van der Waals surface area contributed by atoms with Crippen molar-refractivity contribution in [2.24, 2.45) is 5.41 Å². The van der Waals surface area contributed by atoms with Crippen LogP contribution in [-0.4, -0.2) is 24.0 Å². The molecule has 1 aliphatic heterocycles. The number of aryl methyl sites for hydroxylation is 1. The number of thiazole rings is 1. The summed E-state index contributed by atoms with van der Waals surface area (Å²) in [5.74, 6) is 0.0699. The van der Waals surface area contributed by atoms with Gasteiger partial charge >= 0.3 is 0 Å². The molecule has 106 valence electrons. The summed E-state index contributed by atoms with van der Waals surface area (Å²) in [6.07, 6.45) is 1.97. The smallest absolute Gasteiger partial charge is 0.233 e. The van der Waals surface area contributed by atoms with Crippen LogP contribution in [0.4, 0.5) is 5.13 Å². The maximum absolute atomic E-state index is 12.4. The van der Waals surface area contributed by atoms with E-state index in [1.54, 1.807) is 0 Å². The molecule has 1 unspecified atom stereocenters. The van der Waals surface area contributed by atoms with Crippen molar-refractivity contribution in [3.63, 3.8) is 0 Å². The standard InChI is InChI=1S/C15H19N3OS/c1-10-4-5-11-12(8-10)20-14(17-11)18-13(19)15(2)6-3-7-16-9-15/h4-5,8,16H,3,6-7,9H2,1-2H3,(H,17,18,19). The third-order valence-corrected chi connectivity index (χ3v) is 4.84. The van der Waals surface area contributed by atoms with Crippen LogP contribution in [0.2, 0.25) is 0 Å². The molecule has 1 aromatic heterocycles. The van der Waals surface area contributed by atoms with Crippen molar-refractivity contribution in [2.75, 3.05) is 18.4 Å². The van der Waals surface area contributed by atoms with Gasteiger partial charge in [-0.05, 0) is 50.9 Å². The van der Waals surface area contributed by atoms with Gasteiger partial charge in [-0.3, -0.25) is 4.79 Å². The first-order valence-electron chi connectivity index (χ1n) is 6.96. The lowest BCUT2D eigenvalue weighted by molar-refractivity contribution is -0.125. The Balaban J connectivity index is 1.80. The SMILES string of the molecule is Cc1ccc2nc(NC(=O)C3(C)CCCNC3)sc2c1. The number of rotatable bonds is 2. The van der Waals surface area contributed by atoms with Crippen LogP contribution in [0, 0.1) is 12.3 Å². The summed E-state index contributed by atoms with van der Waals surface area (Å²) in [5, 5.41) is 6.98. The van der Waals surface area contributed by atoms with Gasteiger partial charge in [0.05, 0.1) is 15.6 Å². The van der Waals surface area contributed by atoms with Gasteiger partial charge < -0.3 is 10.6 Å². The molecule has 1 aromatic carbocycles. The van der Waals surface area contributed by atoms with Gasteiger partial charge in [0, 0.05) is 6.54 Å². The quantitative estimate of drug-likeness (QED) is 0.893. The van der Waals surface area contributed by atoms with E-state index in [4.69, 9.17) is 0 Å². The highest BCUT2D eigenvalue weighted by Gasteiger charge is 2.35. The Kier molecular flexibility index (Phi) is 3.48. The zero-order valence-corrected chi connectivity index (χ0v) is 12.6. The Labute approximate surface area is 122 Å². The lowest BCUT2D eigenvalue weighted by Gasteiger charge is -2.32. The molecule has 5 heteroatoms. The zero-order chi connectivity index (χ0) is 14.2. The lowest BCUT2D eigenvalue weighted by Crippen LogP contribution is -2.46. The highest BCUT2D eigenvalue weighted by Crippen LogP contribution is 2.30. The van der Waals surface area contributed by atoms with Gasteiger partial charge in [-0.25, -0.2) is 4.98 Å². The molecular weight excluding hydrogens is 270 g/mol. The number of hydrogen-bond acceptors (Lipinski definition) is 4. The molecule has 0 bridgehead atoms. The minimum absolute atomic E-state index is 0.0699. The minimum atomic E-state index is -0.327. The first-order chi connectivity index (χ1) is 9.57. The highest BCUT2D eigenvalue weighted by molar-refractivity contribution is 7.22. The van der Waals surface area contributed by atoms with Crippen molar-refractivity contribution in [3.8, 4) is 0 Å². The number of benzene rings is 1. The lowest BCUT2D eigenvalue weighted by atomic mass is 9.82. The van der Waals surface area contributed by atoms with E-state index in [2.05, 4.69) is 28.6 Å². The third kappa shape index (κ3) is 2.55. The number of aromatic nitrogens is 1. The summed E-state index contributed by atoms with van der Waals surface area (Å²) in [6, 6.07) is 6.15. The summed E-state index contributed by atoms with van der Waals surface area (Å²) in [6.45, 7) is 5.82. The maximum Gasteiger partial charge on any atom is 0.233 e. The van der Waals surface area contributed by atoms with E-state index in [1.807, 2.05) is 19.1 Å². The number of carbonyl (C=O) groups is 1. The Morgan fingerprint density at radius 3 is 3.10 bits per heavy atom. The number of hydrogen-bond donors (Lipinski definition) is 2. The maximum atomic E-state index is 12.4. The molecule has 0 radical (unpaired) electrons. The average molecular weight is 289 g/mol. The van der Waals surface area contributed by atoms with Gasteiger partial charge in [0.2, 0.25) is 5.91 Å². The van der Waals surface area contributed by atoms with Gasteiger partial charge in [-0.1, -0.05) is 17.4 Å².